The summed E-state index contributed by atoms with van der Waals surface area (Å²) in [5.41, 5.74) is 0.433. The minimum Gasteiger partial charge on any atom is -0.468 e. The molecule has 3 saturated carbocycles. The lowest BCUT2D eigenvalue weighted by molar-refractivity contribution is -0.137. The molecule has 3 nitrogen and oxygen atoms in total. The first-order chi connectivity index (χ1) is 8.50. The molecular formula is C14H24O3S. The van der Waals surface area contributed by atoms with Gasteiger partial charge in [-0.05, 0) is 47.7 Å². The topological polar surface area (TPSA) is 46.5 Å². The quantitative estimate of drug-likeness (QED) is 0.779. The smallest absolute Gasteiger partial charge is 0.315 e. The van der Waals surface area contributed by atoms with E-state index in [1.54, 1.807) is 11.8 Å². The summed E-state index contributed by atoms with van der Waals surface area (Å²) in [5, 5.41) is 9.52. The van der Waals surface area contributed by atoms with Gasteiger partial charge in [-0.3, -0.25) is 4.79 Å². The molecule has 3 aliphatic rings. The Hall–Kier alpha value is -0.220. The molecule has 104 valence electrons. The van der Waals surface area contributed by atoms with Crippen LogP contribution in [0.3, 0.4) is 0 Å². The van der Waals surface area contributed by atoms with E-state index >= 15 is 0 Å². The van der Waals surface area contributed by atoms with Crippen molar-refractivity contribution in [3.8, 4) is 0 Å². The third kappa shape index (κ3) is 2.42. The van der Waals surface area contributed by atoms with E-state index in [1.807, 2.05) is 0 Å². The molecule has 3 rings (SSSR count). The highest BCUT2D eigenvalue weighted by atomic mass is 32.2. The Kier molecular flexibility index (Phi) is 4.27. The number of esters is 1. The molecule has 4 heteroatoms. The Morgan fingerprint density at radius 3 is 2.72 bits per heavy atom. The van der Waals surface area contributed by atoms with Crippen LogP contribution in [-0.2, 0) is 9.53 Å². The number of hydrogen-bond donors (Lipinski definition) is 1. The van der Waals surface area contributed by atoms with Gasteiger partial charge >= 0.3 is 5.97 Å². The second-order valence-corrected chi connectivity index (χ2v) is 7.32. The number of thioether (sulfide) groups is 1. The second-order valence-electron chi connectivity index (χ2n) is 6.29. The van der Waals surface area contributed by atoms with Crippen LogP contribution in [0, 0.1) is 29.1 Å². The number of rotatable bonds is 5. The molecule has 1 N–H and O–H groups in total. The third-order valence-corrected chi connectivity index (χ3v) is 6.31. The molecule has 0 aromatic rings. The summed E-state index contributed by atoms with van der Waals surface area (Å²) in [6, 6.07) is 0. The highest BCUT2D eigenvalue weighted by Crippen LogP contribution is 2.63. The summed E-state index contributed by atoms with van der Waals surface area (Å²) in [7, 11) is 1.43. The maximum Gasteiger partial charge on any atom is 0.315 e. The van der Waals surface area contributed by atoms with Crippen molar-refractivity contribution in [1.29, 1.82) is 0 Å². The van der Waals surface area contributed by atoms with Gasteiger partial charge < -0.3 is 9.84 Å². The Balaban J connectivity index is 1.89. The maximum atomic E-state index is 11.1. The zero-order valence-corrected chi connectivity index (χ0v) is 12.3. The van der Waals surface area contributed by atoms with Crippen LogP contribution in [0.1, 0.15) is 26.7 Å². The number of methoxy groups -OCH3 is 1. The summed E-state index contributed by atoms with van der Waals surface area (Å²) in [4.78, 5) is 11.1. The highest BCUT2D eigenvalue weighted by Gasteiger charge is 2.57. The summed E-state index contributed by atoms with van der Waals surface area (Å²) < 4.78 is 4.66. The zero-order chi connectivity index (χ0) is 13.3. The summed E-state index contributed by atoms with van der Waals surface area (Å²) in [6.45, 7) is 5.02. The van der Waals surface area contributed by atoms with E-state index < -0.39 is 0 Å². The van der Waals surface area contributed by atoms with E-state index in [1.165, 1.54) is 13.5 Å². The third-order valence-electron chi connectivity index (χ3n) is 5.25. The van der Waals surface area contributed by atoms with Crippen molar-refractivity contribution in [2.45, 2.75) is 26.7 Å². The SMILES string of the molecule is COC(=O)CSCC1[C@@H](CO)C[C@H]2C[C@@H]1C2(C)C. The number of fused-ring (bicyclic) bond motifs is 2. The van der Waals surface area contributed by atoms with E-state index in [2.05, 4.69) is 18.6 Å². The molecule has 1 unspecified atom stereocenters. The van der Waals surface area contributed by atoms with Gasteiger partial charge in [0.05, 0.1) is 12.9 Å². The van der Waals surface area contributed by atoms with Crippen molar-refractivity contribution in [2.75, 3.05) is 25.2 Å². The highest BCUT2D eigenvalue weighted by molar-refractivity contribution is 7.99. The fraction of sp³-hybridized carbons (Fsp3) is 0.929. The fourth-order valence-corrected chi connectivity index (χ4v) is 5.03. The number of carbonyl (C=O) groups excluding carboxylic acids is 1. The molecule has 3 fully saturated rings. The Labute approximate surface area is 114 Å². The van der Waals surface area contributed by atoms with Gasteiger partial charge in [-0.1, -0.05) is 13.8 Å². The first-order valence-corrected chi connectivity index (χ1v) is 7.91. The van der Waals surface area contributed by atoms with Gasteiger partial charge in [-0.2, -0.15) is 0 Å². The van der Waals surface area contributed by atoms with Crippen molar-refractivity contribution in [1.82, 2.24) is 0 Å². The molecule has 0 amide bonds. The molecule has 0 radical (unpaired) electrons. The van der Waals surface area contributed by atoms with Crippen molar-refractivity contribution in [3.05, 3.63) is 0 Å². The molecule has 18 heavy (non-hydrogen) atoms. The molecule has 0 aromatic carbocycles. The normalized spacial score (nSPS) is 36.9. The number of carbonyl (C=O) groups is 1. The summed E-state index contributed by atoms with van der Waals surface area (Å²) >= 11 is 1.66. The number of ether oxygens (including phenoxy) is 1. The van der Waals surface area contributed by atoms with Gasteiger partial charge in [0.1, 0.15) is 0 Å². The van der Waals surface area contributed by atoms with Gasteiger partial charge in [0.2, 0.25) is 0 Å². The molecular weight excluding hydrogens is 248 g/mol. The predicted octanol–water partition coefficient (Wildman–Crippen LogP) is 2.18. The molecule has 0 heterocycles. The first kappa shape index (κ1) is 14.2. The van der Waals surface area contributed by atoms with E-state index in [-0.39, 0.29) is 5.97 Å². The minimum absolute atomic E-state index is 0.151. The number of hydrogen-bond acceptors (Lipinski definition) is 4. The lowest BCUT2D eigenvalue weighted by Gasteiger charge is -2.62. The van der Waals surface area contributed by atoms with E-state index in [0.29, 0.717) is 29.6 Å². The van der Waals surface area contributed by atoms with E-state index in [9.17, 15) is 9.90 Å². The first-order valence-electron chi connectivity index (χ1n) is 6.76. The number of aliphatic hydroxyl groups excluding tert-OH is 1. The standard InChI is InChI=1S/C14H24O3S/c1-14(2)10-4-9(6-15)11(12(14)5-10)7-18-8-13(16)17-3/h9-12,15H,4-8H2,1-3H3/t9-,10+,11?,12+/m1/s1. The summed E-state index contributed by atoms with van der Waals surface area (Å²) in [6.07, 6.45) is 2.47. The molecule has 0 aromatic heterocycles. The van der Waals surface area contributed by atoms with Gasteiger partial charge in [-0.25, -0.2) is 0 Å². The van der Waals surface area contributed by atoms with Crippen molar-refractivity contribution in [2.24, 2.45) is 29.1 Å². The van der Waals surface area contributed by atoms with Crippen LogP contribution in [0.15, 0.2) is 0 Å². The lowest BCUT2D eigenvalue weighted by atomic mass is 9.43. The van der Waals surface area contributed by atoms with Crippen molar-refractivity contribution >= 4 is 17.7 Å². The van der Waals surface area contributed by atoms with Crippen LogP contribution in [0.5, 0.6) is 0 Å². The Bertz CT molecular complexity index is 316. The van der Waals surface area contributed by atoms with Crippen LogP contribution >= 0.6 is 11.8 Å². The monoisotopic (exact) mass is 272 g/mol. The minimum atomic E-state index is -0.151. The molecule has 2 bridgehead atoms. The number of aliphatic hydroxyl groups is 1. The van der Waals surface area contributed by atoms with E-state index in [0.717, 1.165) is 24.0 Å². The molecule has 0 aliphatic heterocycles. The van der Waals surface area contributed by atoms with Crippen LogP contribution in [0.25, 0.3) is 0 Å². The largest absolute Gasteiger partial charge is 0.468 e. The average molecular weight is 272 g/mol. The average Bonchev–Trinajstić information content (AvgIpc) is 2.37. The van der Waals surface area contributed by atoms with Gasteiger partial charge in [0.15, 0.2) is 0 Å². The predicted molar refractivity (Wildman–Crippen MR) is 73.4 cm³/mol. The molecule has 0 saturated heterocycles. The van der Waals surface area contributed by atoms with Gasteiger partial charge in [0.25, 0.3) is 0 Å². The second kappa shape index (κ2) is 5.41. The lowest BCUT2D eigenvalue weighted by Crippen LogP contribution is -2.57. The van der Waals surface area contributed by atoms with Crippen LogP contribution < -0.4 is 0 Å². The Morgan fingerprint density at radius 2 is 2.17 bits per heavy atom. The maximum absolute atomic E-state index is 11.1. The van der Waals surface area contributed by atoms with Crippen molar-refractivity contribution < 1.29 is 14.6 Å². The van der Waals surface area contributed by atoms with Crippen LogP contribution in [0.2, 0.25) is 0 Å². The van der Waals surface area contributed by atoms with Gasteiger partial charge in [0, 0.05) is 6.61 Å². The molecule has 0 spiro atoms. The van der Waals surface area contributed by atoms with Crippen molar-refractivity contribution in [3.63, 3.8) is 0 Å². The van der Waals surface area contributed by atoms with Crippen LogP contribution in [0.4, 0.5) is 0 Å². The van der Waals surface area contributed by atoms with Crippen LogP contribution in [-0.4, -0.2) is 36.3 Å². The fourth-order valence-electron chi connectivity index (χ4n) is 3.85. The molecule has 4 atom stereocenters. The van der Waals surface area contributed by atoms with E-state index in [4.69, 9.17) is 0 Å². The molecule has 3 aliphatic carbocycles. The zero-order valence-electron chi connectivity index (χ0n) is 11.5. The Morgan fingerprint density at radius 1 is 1.44 bits per heavy atom. The summed E-state index contributed by atoms with van der Waals surface area (Å²) in [5.74, 6) is 3.77. The van der Waals surface area contributed by atoms with Gasteiger partial charge in [-0.15, -0.1) is 11.8 Å².